The van der Waals surface area contributed by atoms with Crippen LogP contribution in [0.15, 0.2) is 47.0 Å². The molecule has 1 aromatic heterocycles. The van der Waals surface area contributed by atoms with Crippen molar-refractivity contribution in [1.82, 2.24) is 15.0 Å². The van der Waals surface area contributed by atoms with E-state index in [1.807, 2.05) is 0 Å². The largest absolute Gasteiger partial charge is 0.497 e. The summed E-state index contributed by atoms with van der Waals surface area (Å²) < 4.78 is 89.5. The Morgan fingerprint density at radius 3 is 2.23 bits per heavy atom. The standard InChI is InChI=1S/C23H19F6N3O3/c1-34-18-6-4-13(5-7-18)19-30-20(35-31-19)14-3-2-8-32(12-14)21(33)15-9-16(22(24,25)26)11-17(10-15)23(27,28)29/h4-7,9-11,14H,2-3,8,12H2,1H3. The third-order valence-electron chi connectivity index (χ3n) is 5.68. The molecule has 0 bridgehead atoms. The van der Waals surface area contributed by atoms with Crippen molar-refractivity contribution < 1.29 is 40.4 Å². The first-order chi connectivity index (χ1) is 16.5. The van der Waals surface area contributed by atoms with Gasteiger partial charge < -0.3 is 14.2 Å². The first-order valence-electron chi connectivity index (χ1n) is 10.5. The van der Waals surface area contributed by atoms with Crippen molar-refractivity contribution in [3.05, 3.63) is 65.0 Å². The van der Waals surface area contributed by atoms with Crippen molar-refractivity contribution in [2.45, 2.75) is 31.1 Å². The van der Waals surface area contributed by atoms with E-state index in [2.05, 4.69) is 10.1 Å². The second-order valence-electron chi connectivity index (χ2n) is 8.07. The van der Waals surface area contributed by atoms with E-state index < -0.39 is 40.9 Å². The maximum Gasteiger partial charge on any atom is 0.416 e. The molecule has 0 radical (unpaired) electrons. The van der Waals surface area contributed by atoms with Crippen LogP contribution in [0.2, 0.25) is 0 Å². The highest BCUT2D eigenvalue weighted by atomic mass is 19.4. The Morgan fingerprint density at radius 1 is 1.03 bits per heavy atom. The van der Waals surface area contributed by atoms with Crippen molar-refractivity contribution in [3.8, 4) is 17.1 Å². The molecule has 186 valence electrons. The molecule has 2 heterocycles. The Bertz CT molecular complexity index is 1170. The number of carbonyl (C=O) groups is 1. The number of hydrogen-bond acceptors (Lipinski definition) is 5. The number of aromatic nitrogens is 2. The Balaban J connectivity index is 1.55. The second-order valence-corrected chi connectivity index (χ2v) is 8.07. The number of piperidine rings is 1. The molecule has 12 heteroatoms. The normalized spacial score (nSPS) is 16.9. The highest BCUT2D eigenvalue weighted by Gasteiger charge is 2.38. The molecule has 0 aliphatic carbocycles. The zero-order valence-corrected chi connectivity index (χ0v) is 18.3. The molecular weight excluding hydrogens is 480 g/mol. The minimum absolute atomic E-state index is 0.00504. The van der Waals surface area contributed by atoms with Gasteiger partial charge in [-0.05, 0) is 55.3 Å². The predicted octanol–water partition coefficient (Wildman–Crippen LogP) is 5.80. The van der Waals surface area contributed by atoms with Crippen LogP contribution >= 0.6 is 0 Å². The fraction of sp³-hybridized carbons (Fsp3) is 0.348. The van der Waals surface area contributed by atoms with E-state index in [0.717, 1.165) is 0 Å². The van der Waals surface area contributed by atoms with Gasteiger partial charge in [-0.15, -0.1) is 0 Å². The van der Waals surface area contributed by atoms with Crippen LogP contribution in [0.4, 0.5) is 26.3 Å². The lowest BCUT2D eigenvalue weighted by Gasteiger charge is -2.31. The summed E-state index contributed by atoms with van der Waals surface area (Å²) in [5, 5.41) is 3.94. The van der Waals surface area contributed by atoms with Gasteiger partial charge >= 0.3 is 12.4 Å². The van der Waals surface area contributed by atoms with Gasteiger partial charge in [-0.3, -0.25) is 4.79 Å². The molecule has 0 N–H and O–H groups in total. The van der Waals surface area contributed by atoms with Crippen LogP contribution in [0.25, 0.3) is 11.4 Å². The number of halogens is 6. The number of benzene rings is 2. The number of alkyl halides is 6. The van der Waals surface area contributed by atoms with Crippen LogP contribution in [-0.4, -0.2) is 41.1 Å². The number of rotatable bonds is 4. The minimum Gasteiger partial charge on any atom is -0.497 e. The maximum atomic E-state index is 13.2. The summed E-state index contributed by atoms with van der Waals surface area (Å²) in [7, 11) is 1.53. The molecule has 1 saturated heterocycles. The zero-order valence-electron chi connectivity index (χ0n) is 18.3. The van der Waals surface area contributed by atoms with E-state index in [9.17, 15) is 31.1 Å². The van der Waals surface area contributed by atoms with Crippen LogP contribution in [0.3, 0.4) is 0 Å². The number of ether oxygens (including phenoxy) is 1. The lowest BCUT2D eigenvalue weighted by Crippen LogP contribution is -2.39. The molecule has 6 nitrogen and oxygen atoms in total. The molecule has 35 heavy (non-hydrogen) atoms. The summed E-state index contributed by atoms with van der Waals surface area (Å²) in [5.41, 5.74) is -3.10. The Labute approximate surface area is 195 Å². The van der Waals surface area contributed by atoms with Crippen molar-refractivity contribution in [1.29, 1.82) is 0 Å². The van der Waals surface area contributed by atoms with Crippen LogP contribution < -0.4 is 4.74 Å². The van der Waals surface area contributed by atoms with Crippen molar-refractivity contribution in [2.75, 3.05) is 20.2 Å². The van der Waals surface area contributed by atoms with Gasteiger partial charge in [0.2, 0.25) is 11.7 Å². The molecule has 1 atom stereocenters. The third-order valence-corrected chi connectivity index (χ3v) is 5.68. The molecule has 1 aliphatic rings. The molecule has 1 unspecified atom stereocenters. The highest BCUT2D eigenvalue weighted by molar-refractivity contribution is 5.94. The van der Waals surface area contributed by atoms with Gasteiger partial charge in [-0.1, -0.05) is 5.16 Å². The summed E-state index contributed by atoms with van der Waals surface area (Å²) >= 11 is 0. The molecule has 4 rings (SSSR count). The van der Waals surface area contributed by atoms with Crippen molar-refractivity contribution in [3.63, 3.8) is 0 Å². The van der Waals surface area contributed by atoms with E-state index in [4.69, 9.17) is 9.26 Å². The number of carbonyl (C=O) groups excluding carboxylic acids is 1. The predicted molar refractivity (Wildman–Crippen MR) is 111 cm³/mol. The Hall–Kier alpha value is -3.57. The molecule has 2 aromatic carbocycles. The SMILES string of the molecule is COc1ccc(-c2noc(C3CCCN(C(=O)c4cc(C(F)(F)F)cc(C(F)(F)F)c4)C3)n2)cc1. The van der Waals surface area contributed by atoms with Crippen LogP contribution in [0, 0.1) is 0 Å². The van der Waals surface area contributed by atoms with Gasteiger partial charge in [0.1, 0.15) is 5.75 Å². The number of hydrogen-bond donors (Lipinski definition) is 0. The molecule has 0 saturated carbocycles. The minimum atomic E-state index is -5.04. The summed E-state index contributed by atoms with van der Waals surface area (Å²) in [4.78, 5) is 18.5. The van der Waals surface area contributed by atoms with Gasteiger partial charge in [0, 0.05) is 24.2 Å². The number of likely N-dealkylation sites (tertiary alicyclic amines) is 1. The molecule has 0 spiro atoms. The van der Waals surface area contributed by atoms with Crippen molar-refractivity contribution >= 4 is 5.91 Å². The summed E-state index contributed by atoms with van der Waals surface area (Å²) in [6, 6.07) is 7.78. The summed E-state index contributed by atoms with van der Waals surface area (Å²) in [6.45, 7) is 0.188. The van der Waals surface area contributed by atoms with Crippen molar-refractivity contribution in [2.24, 2.45) is 0 Å². The molecular formula is C23H19F6N3O3. The first-order valence-corrected chi connectivity index (χ1v) is 10.5. The van der Waals surface area contributed by atoms with E-state index in [0.29, 0.717) is 42.1 Å². The Kier molecular flexibility index (Phi) is 6.48. The quantitative estimate of drug-likeness (QED) is 0.425. The van der Waals surface area contributed by atoms with Gasteiger partial charge in [-0.25, -0.2) is 0 Å². The Morgan fingerprint density at radius 2 is 1.66 bits per heavy atom. The fourth-order valence-electron chi connectivity index (χ4n) is 3.88. The van der Waals surface area contributed by atoms with E-state index in [1.54, 1.807) is 24.3 Å². The fourth-order valence-corrected chi connectivity index (χ4v) is 3.88. The number of nitrogens with zero attached hydrogens (tertiary/aromatic N) is 3. The third kappa shape index (κ3) is 5.41. The van der Waals surface area contributed by atoms with Gasteiger partial charge in [-0.2, -0.15) is 31.3 Å². The summed E-state index contributed by atoms with van der Waals surface area (Å²) in [5.74, 6) is -0.171. The smallest absolute Gasteiger partial charge is 0.416 e. The topological polar surface area (TPSA) is 68.5 Å². The van der Waals surface area contributed by atoms with Gasteiger partial charge in [0.05, 0.1) is 24.2 Å². The summed E-state index contributed by atoms with van der Waals surface area (Å²) in [6.07, 6.45) is -9.06. The van der Waals surface area contributed by atoms with E-state index in [1.165, 1.54) is 12.0 Å². The van der Waals surface area contributed by atoms with E-state index >= 15 is 0 Å². The van der Waals surface area contributed by atoms with Gasteiger partial charge in [0.25, 0.3) is 5.91 Å². The highest BCUT2D eigenvalue weighted by Crippen LogP contribution is 2.37. The van der Waals surface area contributed by atoms with E-state index in [-0.39, 0.29) is 25.0 Å². The number of amides is 1. The lowest BCUT2D eigenvalue weighted by atomic mass is 9.96. The monoisotopic (exact) mass is 499 g/mol. The zero-order chi connectivity index (χ0) is 25.4. The van der Waals surface area contributed by atoms with Crippen LogP contribution in [-0.2, 0) is 12.4 Å². The molecule has 3 aromatic rings. The number of methoxy groups -OCH3 is 1. The average molecular weight is 499 g/mol. The molecule has 1 fully saturated rings. The molecule has 1 aliphatic heterocycles. The first kappa shape index (κ1) is 24.6. The average Bonchev–Trinajstić information content (AvgIpc) is 3.33. The van der Waals surface area contributed by atoms with Crippen LogP contribution in [0.1, 0.15) is 46.1 Å². The lowest BCUT2D eigenvalue weighted by molar-refractivity contribution is -0.143. The maximum absolute atomic E-state index is 13.2. The second kappa shape index (κ2) is 9.23. The molecule has 1 amide bonds. The van der Waals surface area contributed by atoms with Gasteiger partial charge in [0.15, 0.2) is 0 Å². The van der Waals surface area contributed by atoms with Crippen LogP contribution in [0.5, 0.6) is 5.75 Å².